The van der Waals surface area contributed by atoms with E-state index < -0.39 is 0 Å². The average Bonchev–Trinajstić information content (AvgIpc) is 2.37. The highest BCUT2D eigenvalue weighted by Crippen LogP contribution is 2.21. The van der Waals surface area contributed by atoms with Gasteiger partial charge in [-0.2, -0.15) is 4.68 Å². The summed E-state index contributed by atoms with van der Waals surface area (Å²) in [4.78, 5) is 0. The van der Waals surface area contributed by atoms with Crippen molar-refractivity contribution in [2.45, 2.75) is 45.7 Å². The third-order valence-corrected chi connectivity index (χ3v) is 2.55. The topological polar surface area (TPSA) is 8.81 Å². The Kier molecular flexibility index (Phi) is 1.53. The van der Waals surface area contributed by atoms with Crippen LogP contribution in [-0.4, -0.2) is 4.68 Å². The lowest BCUT2D eigenvalue weighted by atomic mass is 9.90. The molecule has 2 heterocycles. The second-order valence-corrected chi connectivity index (χ2v) is 4.64. The largest absolute Gasteiger partial charge is 0.199 e. The second-order valence-electron chi connectivity index (χ2n) is 4.64. The van der Waals surface area contributed by atoms with Gasteiger partial charge in [0.2, 0.25) is 0 Å². The smallest absolute Gasteiger partial charge is 0.160 e. The zero-order chi connectivity index (χ0) is 8.77. The molecular formula is C10H17N2+. The first-order valence-corrected chi connectivity index (χ1v) is 4.68. The molecule has 2 nitrogen and oxygen atoms in total. The van der Waals surface area contributed by atoms with Crippen molar-refractivity contribution >= 4 is 0 Å². The van der Waals surface area contributed by atoms with Crippen LogP contribution in [0.4, 0.5) is 0 Å². The molecule has 0 bridgehead atoms. The number of aromatic nitrogens is 2. The third kappa shape index (κ3) is 1.15. The third-order valence-electron chi connectivity index (χ3n) is 2.55. The molecule has 0 amide bonds. The summed E-state index contributed by atoms with van der Waals surface area (Å²) in [6.45, 7) is 9.17. The molecule has 1 aliphatic rings. The molecule has 1 aromatic rings. The number of aryl methyl sites for hydroxylation is 2. The molecule has 2 rings (SSSR count). The van der Waals surface area contributed by atoms with Crippen molar-refractivity contribution < 1.29 is 4.68 Å². The van der Waals surface area contributed by atoms with E-state index in [2.05, 4.69) is 42.5 Å². The number of rotatable bonds is 0. The summed E-state index contributed by atoms with van der Waals surface area (Å²) < 4.78 is 4.64. The van der Waals surface area contributed by atoms with Gasteiger partial charge in [0.1, 0.15) is 0 Å². The lowest BCUT2D eigenvalue weighted by molar-refractivity contribution is -0.757. The molecule has 12 heavy (non-hydrogen) atoms. The van der Waals surface area contributed by atoms with Gasteiger partial charge in [0, 0.05) is 12.0 Å². The SMILES string of the molecule is CC(C)(C)c1cn2[n+](c1)CCC2. The molecule has 0 spiro atoms. The van der Waals surface area contributed by atoms with Crippen LogP contribution in [0.25, 0.3) is 0 Å². The summed E-state index contributed by atoms with van der Waals surface area (Å²) in [5, 5.41) is 0. The molecule has 2 heteroatoms. The van der Waals surface area contributed by atoms with Crippen LogP contribution in [0.15, 0.2) is 12.4 Å². The summed E-state index contributed by atoms with van der Waals surface area (Å²) in [6.07, 6.45) is 5.87. The molecule has 0 N–H and O–H groups in total. The van der Waals surface area contributed by atoms with E-state index in [1.54, 1.807) is 0 Å². The quantitative estimate of drug-likeness (QED) is 0.515. The molecule has 66 valence electrons. The van der Waals surface area contributed by atoms with E-state index in [-0.39, 0.29) is 0 Å². The van der Waals surface area contributed by atoms with Gasteiger partial charge in [-0.05, 0) is 5.41 Å². The van der Waals surface area contributed by atoms with Gasteiger partial charge < -0.3 is 0 Å². The summed E-state index contributed by atoms with van der Waals surface area (Å²) in [7, 11) is 0. The molecule has 1 aromatic heterocycles. The summed E-state index contributed by atoms with van der Waals surface area (Å²) in [6, 6.07) is 0. The van der Waals surface area contributed by atoms with Crippen molar-refractivity contribution in [3.8, 4) is 0 Å². The Hall–Kier alpha value is -0.790. The summed E-state index contributed by atoms with van der Waals surface area (Å²) in [5.41, 5.74) is 1.74. The molecule has 0 aliphatic carbocycles. The highest BCUT2D eigenvalue weighted by atomic mass is 15.4. The molecule has 0 atom stereocenters. The van der Waals surface area contributed by atoms with Crippen molar-refractivity contribution in [3.63, 3.8) is 0 Å². The highest BCUT2D eigenvalue weighted by molar-refractivity contribution is 5.12. The van der Waals surface area contributed by atoms with Gasteiger partial charge in [-0.3, -0.25) is 0 Å². The van der Waals surface area contributed by atoms with Gasteiger partial charge in [-0.25, -0.2) is 0 Å². The van der Waals surface area contributed by atoms with Crippen molar-refractivity contribution in [1.29, 1.82) is 0 Å². The number of nitrogens with zero attached hydrogens (tertiary/aromatic N) is 2. The van der Waals surface area contributed by atoms with Gasteiger partial charge in [0.15, 0.2) is 12.7 Å². The fraction of sp³-hybridized carbons (Fsp3) is 0.700. The van der Waals surface area contributed by atoms with E-state index in [0.29, 0.717) is 5.41 Å². The van der Waals surface area contributed by atoms with Gasteiger partial charge >= 0.3 is 0 Å². The van der Waals surface area contributed by atoms with Gasteiger partial charge in [-0.1, -0.05) is 20.8 Å². The maximum absolute atomic E-state index is 2.32. The molecule has 0 fully saturated rings. The molecule has 0 aromatic carbocycles. The average molecular weight is 165 g/mol. The molecule has 0 unspecified atom stereocenters. The van der Waals surface area contributed by atoms with Gasteiger partial charge in [-0.15, -0.1) is 4.68 Å². The van der Waals surface area contributed by atoms with Crippen molar-refractivity contribution in [3.05, 3.63) is 18.0 Å². The van der Waals surface area contributed by atoms with E-state index in [1.807, 2.05) is 0 Å². The predicted octanol–water partition coefficient (Wildman–Crippen LogP) is 1.48. The van der Waals surface area contributed by atoms with Crippen LogP contribution >= 0.6 is 0 Å². The summed E-state index contributed by atoms with van der Waals surface area (Å²) in [5.74, 6) is 0. The molecular weight excluding hydrogens is 148 g/mol. The maximum atomic E-state index is 2.32. The van der Waals surface area contributed by atoms with Crippen molar-refractivity contribution in [1.82, 2.24) is 4.68 Å². The van der Waals surface area contributed by atoms with Crippen LogP contribution in [-0.2, 0) is 18.5 Å². The monoisotopic (exact) mass is 165 g/mol. The fourth-order valence-electron chi connectivity index (χ4n) is 1.67. The lowest BCUT2D eigenvalue weighted by Crippen LogP contribution is -2.35. The van der Waals surface area contributed by atoms with E-state index in [9.17, 15) is 0 Å². The van der Waals surface area contributed by atoms with Crippen LogP contribution in [0, 0.1) is 0 Å². The van der Waals surface area contributed by atoms with Crippen LogP contribution in [0.5, 0.6) is 0 Å². The van der Waals surface area contributed by atoms with Crippen LogP contribution in [0.1, 0.15) is 32.8 Å². The molecule has 0 saturated carbocycles. The first-order chi connectivity index (χ1) is 5.57. The van der Waals surface area contributed by atoms with Crippen LogP contribution in [0.2, 0.25) is 0 Å². The highest BCUT2D eigenvalue weighted by Gasteiger charge is 2.25. The minimum absolute atomic E-state index is 0.296. The Bertz CT molecular complexity index is 270. The van der Waals surface area contributed by atoms with E-state index in [1.165, 1.54) is 25.1 Å². The Morgan fingerprint density at radius 3 is 2.75 bits per heavy atom. The van der Waals surface area contributed by atoms with Crippen molar-refractivity contribution in [2.75, 3.05) is 0 Å². The summed E-state index contributed by atoms with van der Waals surface area (Å²) >= 11 is 0. The lowest BCUT2D eigenvalue weighted by Gasteiger charge is -2.13. The normalized spacial score (nSPS) is 16.6. The first-order valence-electron chi connectivity index (χ1n) is 4.68. The number of hydrogen-bond acceptors (Lipinski definition) is 0. The van der Waals surface area contributed by atoms with Crippen LogP contribution in [0.3, 0.4) is 0 Å². The zero-order valence-electron chi connectivity index (χ0n) is 8.17. The maximum Gasteiger partial charge on any atom is 0.199 e. The van der Waals surface area contributed by atoms with E-state index in [0.717, 1.165) is 0 Å². The van der Waals surface area contributed by atoms with Crippen molar-refractivity contribution in [2.24, 2.45) is 0 Å². The Morgan fingerprint density at radius 2 is 2.17 bits per heavy atom. The first kappa shape index (κ1) is 7.84. The Labute approximate surface area is 73.8 Å². The number of hydrogen-bond donors (Lipinski definition) is 0. The molecule has 1 aliphatic heterocycles. The number of fused-ring (bicyclic) bond motifs is 1. The van der Waals surface area contributed by atoms with Crippen LogP contribution < -0.4 is 4.68 Å². The van der Waals surface area contributed by atoms with E-state index >= 15 is 0 Å². The second kappa shape index (κ2) is 2.35. The molecule has 0 radical (unpaired) electrons. The standard InChI is InChI=1S/C10H17N2/c1-10(2,3)9-7-11-5-4-6-12(11)8-9/h7-8H,4-6H2,1-3H3/q+1. The fourth-order valence-corrected chi connectivity index (χ4v) is 1.67. The Morgan fingerprint density at radius 1 is 1.42 bits per heavy atom. The van der Waals surface area contributed by atoms with Gasteiger partial charge in [0.05, 0.1) is 12.7 Å². The predicted molar refractivity (Wildman–Crippen MR) is 47.9 cm³/mol. The minimum atomic E-state index is 0.296. The molecule has 0 saturated heterocycles. The van der Waals surface area contributed by atoms with E-state index in [4.69, 9.17) is 0 Å². The van der Waals surface area contributed by atoms with Gasteiger partial charge in [0.25, 0.3) is 0 Å². The Balaban J connectivity index is 2.38. The zero-order valence-corrected chi connectivity index (χ0v) is 8.17. The minimum Gasteiger partial charge on any atom is -0.160 e.